The Kier molecular flexibility index (Phi) is 5.25. The molecule has 1 fully saturated rings. The van der Waals surface area contributed by atoms with Crippen molar-refractivity contribution in [2.45, 2.75) is 26.2 Å². The van der Waals surface area contributed by atoms with Crippen LogP contribution in [0.15, 0.2) is 0 Å². The molecule has 5 nitrogen and oxygen atoms in total. The SMILES string of the molecule is CC(CNC(=O)CC1CCOCC1)C(=O)O. The second-order valence-corrected chi connectivity index (χ2v) is 4.30. The van der Waals surface area contributed by atoms with Crippen molar-refractivity contribution in [2.24, 2.45) is 11.8 Å². The average Bonchev–Trinajstić information content (AvgIpc) is 2.27. The van der Waals surface area contributed by atoms with Gasteiger partial charge in [-0.1, -0.05) is 6.92 Å². The Balaban J connectivity index is 2.17. The molecule has 0 bridgehead atoms. The van der Waals surface area contributed by atoms with Gasteiger partial charge in [-0.15, -0.1) is 0 Å². The second kappa shape index (κ2) is 6.48. The van der Waals surface area contributed by atoms with E-state index in [1.165, 1.54) is 0 Å². The zero-order chi connectivity index (χ0) is 12.0. The van der Waals surface area contributed by atoms with Crippen molar-refractivity contribution in [2.75, 3.05) is 19.8 Å². The Morgan fingerprint density at radius 1 is 1.44 bits per heavy atom. The molecule has 5 heteroatoms. The van der Waals surface area contributed by atoms with Crippen molar-refractivity contribution < 1.29 is 19.4 Å². The Labute approximate surface area is 95.2 Å². The largest absolute Gasteiger partial charge is 0.481 e. The molecule has 0 spiro atoms. The minimum Gasteiger partial charge on any atom is -0.481 e. The minimum atomic E-state index is -0.883. The van der Waals surface area contributed by atoms with Crippen LogP contribution < -0.4 is 5.32 Å². The number of carboxylic acids is 1. The predicted molar refractivity (Wildman–Crippen MR) is 58.0 cm³/mol. The monoisotopic (exact) mass is 229 g/mol. The quantitative estimate of drug-likeness (QED) is 0.725. The fourth-order valence-electron chi connectivity index (χ4n) is 1.64. The summed E-state index contributed by atoms with van der Waals surface area (Å²) in [6, 6.07) is 0. The highest BCUT2D eigenvalue weighted by Crippen LogP contribution is 2.17. The van der Waals surface area contributed by atoms with E-state index in [0.29, 0.717) is 12.3 Å². The predicted octanol–water partition coefficient (Wildman–Crippen LogP) is 0.640. The summed E-state index contributed by atoms with van der Waals surface area (Å²) in [6.07, 6.45) is 2.32. The van der Waals surface area contributed by atoms with Crippen molar-refractivity contribution in [3.05, 3.63) is 0 Å². The first-order valence-electron chi connectivity index (χ1n) is 5.67. The lowest BCUT2D eigenvalue weighted by molar-refractivity contribution is -0.141. The molecule has 0 aliphatic carbocycles. The first kappa shape index (κ1) is 13.0. The number of carbonyl (C=O) groups is 2. The number of nitrogens with one attached hydrogen (secondary N) is 1. The van der Waals surface area contributed by atoms with Crippen LogP contribution in [-0.2, 0) is 14.3 Å². The van der Waals surface area contributed by atoms with E-state index >= 15 is 0 Å². The lowest BCUT2D eigenvalue weighted by Crippen LogP contribution is -2.33. The molecule has 0 aromatic heterocycles. The summed E-state index contributed by atoms with van der Waals surface area (Å²) in [5, 5.41) is 11.3. The normalized spacial score (nSPS) is 19.1. The average molecular weight is 229 g/mol. The van der Waals surface area contributed by atoms with E-state index in [4.69, 9.17) is 9.84 Å². The zero-order valence-electron chi connectivity index (χ0n) is 9.57. The number of aliphatic carboxylic acids is 1. The molecule has 1 aliphatic heterocycles. The highest BCUT2D eigenvalue weighted by molar-refractivity contribution is 5.77. The zero-order valence-corrected chi connectivity index (χ0v) is 9.57. The van der Waals surface area contributed by atoms with Gasteiger partial charge < -0.3 is 15.2 Å². The summed E-state index contributed by atoms with van der Waals surface area (Å²) >= 11 is 0. The van der Waals surface area contributed by atoms with E-state index in [0.717, 1.165) is 26.1 Å². The maximum absolute atomic E-state index is 11.5. The van der Waals surface area contributed by atoms with Crippen molar-refractivity contribution in [3.8, 4) is 0 Å². The molecule has 1 atom stereocenters. The molecule has 1 amide bonds. The van der Waals surface area contributed by atoms with E-state index in [9.17, 15) is 9.59 Å². The van der Waals surface area contributed by atoms with Crippen molar-refractivity contribution in [3.63, 3.8) is 0 Å². The summed E-state index contributed by atoms with van der Waals surface area (Å²) in [5.41, 5.74) is 0. The van der Waals surface area contributed by atoms with Gasteiger partial charge in [0.1, 0.15) is 0 Å². The highest BCUT2D eigenvalue weighted by Gasteiger charge is 2.18. The van der Waals surface area contributed by atoms with Crippen LogP contribution in [0.2, 0.25) is 0 Å². The molecule has 92 valence electrons. The Morgan fingerprint density at radius 3 is 2.62 bits per heavy atom. The molecule has 1 heterocycles. The fourth-order valence-corrected chi connectivity index (χ4v) is 1.64. The van der Waals surface area contributed by atoms with Gasteiger partial charge in [0.25, 0.3) is 0 Å². The summed E-state index contributed by atoms with van der Waals surface area (Å²) in [4.78, 5) is 22.0. The Hall–Kier alpha value is -1.10. The number of hydrogen-bond donors (Lipinski definition) is 2. The molecule has 1 saturated heterocycles. The first-order chi connectivity index (χ1) is 7.59. The van der Waals surface area contributed by atoms with Gasteiger partial charge in [0.15, 0.2) is 0 Å². The van der Waals surface area contributed by atoms with Gasteiger partial charge in [0.2, 0.25) is 5.91 Å². The van der Waals surface area contributed by atoms with E-state index < -0.39 is 11.9 Å². The van der Waals surface area contributed by atoms with Crippen molar-refractivity contribution >= 4 is 11.9 Å². The van der Waals surface area contributed by atoms with Gasteiger partial charge in [0, 0.05) is 26.2 Å². The lowest BCUT2D eigenvalue weighted by Gasteiger charge is -2.21. The van der Waals surface area contributed by atoms with Gasteiger partial charge in [-0.2, -0.15) is 0 Å². The maximum atomic E-state index is 11.5. The Bertz CT molecular complexity index is 248. The number of carbonyl (C=O) groups excluding carboxylic acids is 1. The molecule has 2 N–H and O–H groups in total. The number of ether oxygens (including phenoxy) is 1. The van der Waals surface area contributed by atoms with E-state index in [2.05, 4.69) is 5.32 Å². The molecule has 1 aliphatic rings. The topological polar surface area (TPSA) is 75.6 Å². The Morgan fingerprint density at radius 2 is 2.06 bits per heavy atom. The summed E-state index contributed by atoms with van der Waals surface area (Å²) < 4.78 is 5.20. The van der Waals surface area contributed by atoms with Crippen LogP contribution >= 0.6 is 0 Å². The fraction of sp³-hybridized carbons (Fsp3) is 0.818. The van der Waals surface area contributed by atoms with Crippen LogP contribution in [-0.4, -0.2) is 36.7 Å². The smallest absolute Gasteiger partial charge is 0.308 e. The molecule has 1 unspecified atom stereocenters. The van der Waals surface area contributed by atoms with Crippen LogP contribution in [0.3, 0.4) is 0 Å². The highest BCUT2D eigenvalue weighted by atomic mass is 16.5. The van der Waals surface area contributed by atoms with Gasteiger partial charge in [0.05, 0.1) is 5.92 Å². The second-order valence-electron chi connectivity index (χ2n) is 4.30. The van der Waals surface area contributed by atoms with E-state index in [1.54, 1.807) is 6.92 Å². The van der Waals surface area contributed by atoms with Crippen LogP contribution in [0.1, 0.15) is 26.2 Å². The van der Waals surface area contributed by atoms with E-state index in [-0.39, 0.29) is 12.5 Å². The van der Waals surface area contributed by atoms with E-state index in [1.807, 2.05) is 0 Å². The molecule has 0 aromatic rings. The molecular formula is C11H19NO4. The first-order valence-corrected chi connectivity index (χ1v) is 5.67. The molecular weight excluding hydrogens is 210 g/mol. The van der Waals surface area contributed by atoms with Crippen LogP contribution in [0.4, 0.5) is 0 Å². The third-order valence-electron chi connectivity index (χ3n) is 2.84. The van der Waals surface area contributed by atoms with Crippen LogP contribution in [0.5, 0.6) is 0 Å². The number of rotatable bonds is 5. The number of hydrogen-bond acceptors (Lipinski definition) is 3. The van der Waals surface area contributed by atoms with Crippen molar-refractivity contribution in [1.82, 2.24) is 5.32 Å². The maximum Gasteiger partial charge on any atom is 0.308 e. The minimum absolute atomic E-state index is 0.0556. The van der Waals surface area contributed by atoms with Gasteiger partial charge in [-0.3, -0.25) is 9.59 Å². The van der Waals surface area contributed by atoms with Gasteiger partial charge >= 0.3 is 5.97 Å². The summed E-state index contributed by atoms with van der Waals surface area (Å²) in [6.45, 7) is 3.24. The molecule has 0 saturated carbocycles. The number of amides is 1. The molecule has 1 rings (SSSR count). The third kappa shape index (κ3) is 4.61. The van der Waals surface area contributed by atoms with Crippen LogP contribution in [0.25, 0.3) is 0 Å². The number of carboxylic acid groups (broad SMARTS) is 1. The van der Waals surface area contributed by atoms with Crippen LogP contribution in [0, 0.1) is 11.8 Å². The third-order valence-corrected chi connectivity index (χ3v) is 2.84. The lowest BCUT2D eigenvalue weighted by atomic mass is 9.96. The molecule has 16 heavy (non-hydrogen) atoms. The molecule has 0 aromatic carbocycles. The van der Waals surface area contributed by atoms with Crippen molar-refractivity contribution in [1.29, 1.82) is 0 Å². The summed E-state index contributed by atoms with van der Waals surface area (Å²) in [7, 11) is 0. The molecule has 0 radical (unpaired) electrons. The summed E-state index contributed by atoms with van der Waals surface area (Å²) in [5.74, 6) is -1.08. The van der Waals surface area contributed by atoms with Gasteiger partial charge in [-0.25, -0.2) is 0 Å². The standard InChI is InChI=1S/C11H19NO4/c1-8(11(14)15)7-12-10(13)6-9-2-4-16-5-3-9/h8-9H,2-7H2,1H3,(H,12,13)(H,14,15). The van der Waals surface area contributed by atoms with Gasteiger partial charge in [-0.05, 0) is 18.8 Å².